The summed E-state index contributed by atoms with van der Waals surface area (Å²) < 4.78 is 0. The van der Waals surface area contributed by atoms with Crippen molar-refractivity contribution in [3.05, 3.63) is 34.9 Å². The van der Waals surface area contributed by atoms with E-state index in [4.69, 9.17) is 11.6 Å². The third-order valence-electron chi connectivity index (χ3n) is 4.90. The number of carbonyl (C=O) groups is 2. The second-order valence-electron chi connectivity index (χ2n) is 6.56. The van der Waals surface area contributed by atoms with E-state index in [9.17, 15) is 9.59 Å². The molecule has 1 aromatic rings. The molecule has 1 aliphatic carbocycles. The molecule has 2 fully saturated rings. The van der Waals surface area contributed by atoms with E-state index in [0.717, 1.165) is 24.8 Å². The summed E-state index contributed by atoms with van der Waals surface area (Å²) >= 11 is 5.95. The zero-order valence-corrected chi connectivity index (χ0v) is 14.0. The number of nitrogens with one attached hydrogen (secondary N) is 1. The van der Waals surface area contributed by atoms with Gasteiger partial charge in [-0.1, -0.05) is 36.6 Å². The van der Waals surface area contributed by atoms with Crippen molar-refractivity contribution >= 4 is 23.4 Å². The Morgan fingerprint density at radius 3 is 2.83 bits per heavy atom. The Bertz CT molecular complexity index is 584. The molecule has 1 saturated carbocycles. The topological polar surface area (TPSA) is 49.4 Å². The van der Waals surface area contributed by atoms with Crippen molar-refractivity contribution in [2.45, 2.75) is 44.6 Å². The first-order valence-corrected chi connectivity index (χ1v) is 8.83. The van der Waals surface area contributed by atoms with E-state index in [1.54, 1.807) is 0 Å². The van der Waals surface area contributed by atoms with Gasteiger partial charge in [-0.2, -0.15) is 0 Å². The van der Waals surface area contributed by atoms with Gasteiger partial charge in [0.2, 0.25) is 11.8 Å². The second-order valence-corrected chi connectivity index (χ2v) is 6.99. The molecule has 0 spiro atoms. The Morgan fingerprint density at radius 2 is 2.09 bits per heavy atom. The van der Waals surface area contributed by atoms with Crippen molar-refractivity contribution in [2.24, 2.45) is 5.92 Å². The average Bonchev–Trinajstić information content (AvgIpc) is 3.16. The highest BCUT2D eigenvalue weighted by Gasteiger charge is 2.38. The molecule has 124 valence electrons. The molecule has 0 aromatic heterocycles. The highest BCUT2D eigenvalue weighted by molar-refractivity contribution is 6.30. The maximum atomic E-state index is 12.3. The molecule has 2 aliphatic rings. The van der Waals surface area contributed by atoms with Crippen molar-refractivity contribution in [2.75, 3.05) is 13.1 Å². The molecule has 2 amide bonds. The summed E-state index contributed by atoms with van der Waals surface area (Å²) in [7, 11) is 0. The minimum Gasteiger partial charge on any atom is -0.355 e. The number of carbonyl (C=O) groups excluding carboxylic acids is 2. The minimum absolute atomic E-state index is 0.000810. The van der Waals surface area contributed by atoms with Crippen molar-refractivity contribution in [3.8, 4) is 0 Å². The summed E-state index contributed by atoms with van der Waals surface area (Å²) in [6.07, 6.45) is 5.69. The molecule has 23 heavy (non-hydrogen) atoms. The van der Waals surface area contributed by atoms with Crippen LogP contribution in [0.4, 0.5) is 0 Å². The van der Waals surface area contributed by atoms with Crippen LogP contribution in [-0.4, -0.2) is 35.8 Å². The molecule has 3 rings (SSSR count). The molecule has 1 atom stereocenters. The highest BCUT2D eigenvalue weighted by atomic mass is 35.5. The monoisotopic (exact) mass is 334 g/mol. The smallest absolute Gasteiger partial charge is 0.225 e. The van der Waals surface area contributed by atoms with Gasteiger partial charge in [-0.05, 0) is 37.0 Å². The van der Waals surface area contributed by atoms with Crippen molar-refractivity contribution in [1.82, 2.24) is 10.2 Å². The molecule has 0 radical (unpaired) electrons. The first-order chi connectivity index (χ1) is 11.1. The highest BCUT2D eigenvalue weighted by Crippen LogP contribution is 2.29. The Morgan fingerprint density at radius 1 is 1.30 bits per heavy atom. The molecule has 1 aromatic carbocycles. The van der Waals surface area contributed by atoms with Crippen LogP contribution in [0, 0.1) is 5.92 Å². The SMILES string of the molecule is O=C(NCCc1cccc(Cl)c1)[C@@H]1CC(=O)N(C2CCCC2)C1. The predicted molar refractivity (Wildman–Crippen MR) is 90.2 cm³/mol. The van der Waals surface area contributed by atoms with Crippen LogP contribution in [0.15, 0.2) is 24.3 Å². The van der Waals surface area contributed by atoms with Crippen LogP contribution in [-0.2, 0) is 16.0 Å². The number of hydrogen-bond acceptors (Lipinski definition) is 2. The Kier molecular flexibility index (Phi) is 5.21. The third-order valence-corrected chi connectivity index (χ3v) is 5.13. The van der Waals surface area contributed by atoms with Crippen molar-refractivity contribution < 1.29 is 9.59 Å². The molecule has 1 aliphatic heterocycles. The van der Waals surface area contributed by atoms with E-state index in [1.807, 2.05) is 29.2 Å². The van der Waals surface area contributed by atoms with Crippen LogP contribution in [0.5, 0.6) is 0 Å². The average molecular weight is 335 g/mol. The van der Waals surface area contributed by atoms with E-state index in [1.165, 1.54) is 12.8 Å². The largest absolute Gasteiger partial charge is 0.355 e. The number of rotatable bonds is 5. The zero-order chi connectivity index (χ0) is 16.2. The Hall–Kier alpha value is -1.55. The molecular formula is C18H23ClN2O2. The summed E-state index contributed by atoms with van der Waals surface area (Å²) in [6, 6.07) is 8.03. The number of benzene rings is 1. The summed E-state index contributed by atoms with van der Waals surface area (Å²) in [5, 5.41) is 3.67. The maximum absolute atomic E-state index is 12.3. The fraction of sp³-hybridized carbons (Fsp3) is 0.556. The number of likely N-dealkylation sites (tertiary alicyclic amines) is 1. The first kappa shape index (κ1) is 16.3. The normalized spacial score (nSPS) is 21.9. The van der Waals surface area contributed by atoms with Gasteiger partial charge < -0.3 is 10.2 Å². The summed E-state index contributed by atoms with van der Waals surface area (Å²) in [5.74, 6) is -0.0461. The van der Waals surface area contributed by atoms with Gasteiger partial charge in [0.05, 0.1) is 5.92 Å². The van der Waals surface area contributed by atoms with Gasteiger partial charge in [-0.15, -0.1) is 0 Å². The minimum atomic E-state index is -0.192. The maximum Gasteiger partial charge on any atom is 0.225 e. The van der Waals surface area contributed by atoms with Gasteiger partial charge in [0.15, 0.2) is 0 Å². The molecular weight excluding hydrogens is 312 g/mol. The predicted octanol–water partition coefficient (Wildman–Crippen LogP) is 2.79. The fourth-order valence-corrected chi connectivity index (χ4v) is 3.86. The van der Waals surface area contributed by atoms with Gasteiger partial charge in [-0.25, -0.2) is 0 Å². The van der Waals surface area contributed by atoms with Gasteiger partial charge in [0, 0.05) is 30.6 Å². The van der Waals surface area contributed by atoms with Gasteiger partial charge in [0.1, 0.15) is 0 Å². The van der Waals surface area contributed by atoms with Crippen LogP contribution in [0.1, 0.15) is 37.7 Å². The van der Waals surface area contributed by atoms with Crippen molar-refractivity contribution in [3.63, 3.8) is 0 Å². The summed E-state index contributed by atoms with van der Waals surface area (Å²) in [5.41, 5.74) is 1.10. The second kappa shape index (κ2) is 7.35. The molecule has 5 heteroatoms. The third kappa shape index (κ3) is 4.05. The standard InChI is InChI=1S/C18H23ClN2O2/c19-15-5-3-4-13(10-15)8-9-20-18(23)14-11-17(22)21(12-14)16-6-1-2-7-16/h3-5,10,14,16H,1-2,6-9,11-12H2,(H,20,23)/t14-/m1/s1. The van der Waals surface area contributed by atoms with Crippen LogP contribution < -0.4 is 5.32 Å². The summed E-state index contributed by atoms with van der Waals surface area (Å²) in [6.45, 7) is 1.17. The van der Waals surface area contributed by atoms with E-state index in [2.05, 4.69) is 5.32 Å². The van der Waals surface area contributed by atoms with Crippen LogP contribution >= 0.6 is 11.6 Å². The number of hydrogen-bond donors (Lipinski definition) is 1. The molecule has 4 nitrogen and oxygen atoms in total. The summed E-state index contributed by atoms with van der Waals surface area (Å²) in [4.78, 5) is 26.4. The van der Waals surface area contributed by atoms with Crippen LogP contribution in [0.25, 0.3) is 0 Å². The lowest BCUT2D eigenvalue weighted by atomic mass is 10.1. The van der Waals surface area contributed by atoms with Gasteiger partial charge >= 0.3 is 0 Å². The lowest BCUT2D eigenvalue weighted by Crippen LogP contribution is -2.37. The van der Waals surface area contributed by atoms with E-state index in [0.29, 0.717) is 30.6 Å². The zero-order valence-electron chi connectivity index (χ0n) is 13.3. The number of halogens is 1. The number of nitrogens with zero attached hydrogens (tertiary/aromatic N) is 1. The number of amides is 2. The molecule has 1 heterocycles. The molecule has 0 bridgehead atoms. The molecule has 1 N–H and O–H groups in total. The Labute approximate surface area is 142 Å². The van der Waals surface area contributed by atoms with E-state index >= 15 is 0 Å². The Balaban J connectivity index is 1.46. The van der Waals surface area contributed by atoms with Crippen molar-refractivity contribution in [1.29, 1.82) is 0 Å². The van der Waals surface area contributed by atoms with Gasteiger partial charge in [0.25, 0.3) is 0 Å². The molecule has 1 saturated heterocycles. The lowest BCUT2D eigenvalue weighted by molar-refractivity contribution is -0.130. The first-order valence-electron chi connectivity index (χ1n) is 8.45. The van der Waals surface area contributed by atoms with Crippen LogP contribution in [0.3, 0.4) is 0 Å². The van der Waals surface area contributed by atoms with Crippen LogP contribution in [0.2, 0.25) is 5.02 Å². The quantitative estimate of drug-likeness (QED) is 0.900. The molecule has 0 unspecified atom stereocenters. The van der Waals surface area contributed by atoms with Gasteiger partial charge in [-0.3, -0.25) is 9.59 Å². The fourth-order valence-electron chi connectivity index (χ4n) is 3.64. The lowest BCUT2D eigenvalue weighted by Gasteiger charge is -2.23. The van der Waals surface area contributed by atoms with E-state index < -0.39 is 0 Å². The van der Waals surface area contributed by atoms with E-state index in [-0.39, 0.29) is 17.7 Å².